The first-order valence-corrected chi connectivity index (χ1v) is 11.9. The average molecular weight is 470 g/mol. The molecule has 1 aromatic heterocycles. The molecule has 9 nitrogen and oxygen atoms in total. The smallest absolute Gasteiger partial charge is 0.262 e. The Kier molecular flexibility index (Phi) is 7.12. The van der Waals surface area contributed by atoms with Crippen LogP contribution in [0.1, 0.15) is 53.1 Å². The maximum Gasteiger partial charge on any atom is 0.262 e. The Labute approximate surface area is 196 Å². The Morgan fingerprint density at radius 2 is 2.00 bits per heavy atom. The van der Waals surface area contributed by atoms with Gasteiger partial charge in [0.15, 0.2) is 5.17 Å². The number of benzene rings is 1. The fraction of sp³-hybridized carbons (Fsp3) is 0.435. The fourth-order valence-electron chi connectivity index (χ4n) is 3.87. The molecule has 10 heteroatoms. The summed E-state index contributed by atoms with van der Waals surface area (Å²) in [5.74, 6) is -0.153. The molecule has 3 heterocycles. The molecule has 0 bridgehead atoms. The van der Waals surface area contributed by atoms with Crippen LogP contribution in [0.25, 0.3) is 0 Å². The minimum absolute atomic E-state index is 0.0345. The van der Waals surface area contributed by atoms with Gasteiger partial charge in [0.1, 0.15) is 11.0 Å². The highest BCUT2D eigenvalue weighted by atomic mass is 32.2. The number of anilines is 1. The van der Waals surface area contributed by atoms with Gasteiger partial charge >= 0.3 is 0 Å². The van der Waals surface area contributed by atoms with E-state index in [1.54, 1.807) is 31.2 Å². The maximum absolute atomic E-state index is 12.6. The van der Waals surface area contributed by atoms with Crippen LogP contribution in [0.4, 0.5) is 5.69 Å². The van der Waals surface area contributed by atoms with Crippen molar-refractivity contribution in [3.05, 3.63) is 46.8 Å². The van der Waals surface area contributed by atoms with Crippen molar-refractivity contribution >= 4 is 40.3 Å². The molecule has 1 fully saturated rings. The highest BCUT2D eigenvalue weighted by molar-refractivity contribution is 8.15. The van der Waals surface area contributed by atoms with Crippen LogP contribution < -0.4 is 10.6 Å². The minimum atomic E-state index is -0.511. The Morgan fingerprint density at radius 3 is 2.73 bits per heavy atom. The SMILES string of the molecule is Cc1noc(C)c1CNC(=O)c1cccc(NC(=O)CC2SC(N3CCCCC3)=NC2=O)c1. The van der Waals surface area contributed by atoms with E-state index >= 15 is 0 Å². The molecule has 0 radical (unpaired) electrons. The van der Waals surface area contributed by atoms with Gasteiger partial charge in [-0.05, 0) is 51.3 Å². The number of carbonyl (C=O) groups is 3. The predicted octanol–water partition coefficient (Wildman–Crippen LogP) is 3.03. The number of aromatic nitrogens is 1. The van der Waals surface area contributed by atoms with Crippen LogP contribution in [-0.4, -0.2) is 51.3 Å². The van der Waals surface area contributed by atoms with E-state index in [1.165, 1.54) is 18.2 Å². The molecule has 0 saturated carbocycles. The first-order valence-electron chi connectivity index (χ1n) is 11.0. The van der Waals surface area contributed by atoms with Crippen molar-refractivity contribution in [2.75, 3.05) is 18.4 Å². The maximum atomic E-state index is 12.6. The molecular formula is C23H27N5O4S. The highest BCUT2D eigenvalue weighted by Crippen LogP contribution is 2.29. The van der Waals surface area contributed by atoms with Gasteiger partial charge in [0.2, 0.25) is 5.91 Å². The third-order valence-electron chi connectivity index (χ3n) is 5.74. The van der Waals surface area contributed by atoms with Crippen molar-refractivity contribution in [1.29, 1.82) is 0 Å². The van der Waals surface area contributed by atoms with Gasteiger partial charge in [0.05, 0.1) is 5.69 Å². The van der Waals surface area contributed by atoms with E-state index in [1.807, 2.05) is 6.92 Å². The summed E-state index contributed by atoms with van der Waals surface area (Å²) in [5, 5.41) is 9.74. The van der Waals surface area contributed by atoms with Crippen LogP contribution in [0.3, 0.4) is 0 Å². The summed E-state index contributed by atoms with van der Waals surface area (Å²) in [7, 11) is 0. The van der Waals surface area contributed by atoms with Crippen molar-refractivity contribution in [2.24, 2.45) is 4.99 Å². The standard InChI is InChI=1S/C23H27N5O4S/c1-14-18(15(2)32-27-14)13-24-21(30)16-7-6-8-17(11-16)25-20(29)12-19-22(31)26-23(33-19)28-9-4-3-5-10-28/h6-8,11,19H,3-5,9-10,12-13H2,1-2H3,(H,24,30)(H,25,29). The summed E-state index contributed by atoms with van der Waals surface area (Å²) >= 11 is 1.37. The number of nitrogens with zero attached hydrogens (tertiary/aromatic N) is 3. The minimum Gasteiger partial charge on any atom is -0.361 e. The summed E-state index contributed by atoms with van der Waals surface area (Å²) in [6.45, 7) is 5.73. The Balaban J connectivity index is 1.30. The number of piperidine rings is 1. The van der Waals surface area contributed by atoms with E-state index in [0.717, 1.165) is 42.4 Å². The van der Waals surface area contributed by atoms with Crippen molar-refractivity contribution < 1.29 is 18.9 Å². The lowest BCUT2D eigenvalue weighted by molar-refractivity contribution is -0.121. The van der Waals surface area contributed by atoms with Gasteiger partial charge in [-0.25, -0.2) is 0 Å². The number of carbonyl (C=O) groups excluding carboxylic acids is 3. The molecule has 0 aliphatic carbocycles. The quantitative estimate of drug-likeness (QED) is 0.668. The lowest BCUT2D eigenvalue weighted by Crippen LogP contribution is -2.33. The van der Waals surface area contributed by atoms with Gasteiger partial charge in [0, 0.05) is 42.9 Å². The number of thioether (sulfide) groups is 1. The second-order valence-electron chi connectivity index (χ2n) is 8.21. The zero-order valence-electron chi connectivity index (χ0n) is 18.7. The third kappa shape index (κ3) is 5.62. The molecule has 2 aliphatic rings. The number of nitrogens with one attached hydrogen (secondary N) is 2. The van der Waals surface area contributed by atoms with Crippen molar-refractivity contribution in [1.82, 2.24) is 15.4 Å². The molecule has 2 N–H and O–H groups in total. The van der Waals surface area contributed by atoms with E-state index in [0.29, 0.717) is 23.6 Å². The van der Waals surface area contributed by atoms with Gasteiger partial charge in [0.25, 0.3) is 11.8 Å². The zero-order chi connectivity index (χ0) is 23.4. The van der Waals surface area contributed by atoms with Crippen molar-refractivity contribution in [3.8, 4) is 0 Å². The van der Waals surface area contributed by atoms with Gasteiger partial charge in [-0.3, -0.25) is 14.4 Å². The molecule has 33 heavy (non-hydrogen) atoms. The summed E-state index contributed by atoms with van der Waals surface area (Å²) in [6, 6.07) is 6.70. The van der Waals surface area contributed by atoms with E-state index in [4.69, 9.17) is 4.52 Å². The van der Waals surface area contributed by atoms with Gasteiger partial charge < -0.3 is 20.1 Å². The molecule has 1 unspecified atom stereocenters. The fourth-order valence-corrected chi connectivity index (χ4v) is 4.99. The first-order chi connectivity index (χ1) is 15.9. The van der Waals surface area contributed by atoms with Crippen LogP contribution in [0.2, 0.25) is 0 Å². The Bertz CT molecular complexity index is 1070. The second-order valence-corrected chi connectivity index (χ2v) is 9.38. The molecule has 1 aromatic carbocycles. The zero-order valence-corrected chi connectivity index (χ0v) is 19.5. The summed E-state index contributed by atoms with van der Waals surface area (Å²) in [6.07, 6.45) is 3.43. The summed E-state index contributed by atoms with van der Waals surface area (Å²) in [4.78, 5) is 43.7. The van der Waals surface area contributed by atoms with Gasteiger partial charge in [-0.15, -0.1) is 0 Å². The topological polar surface area (TPSA) is 117 Å². The molecule has 3 amide bonds. The van der Waals surface area contributed by atoms with Crippen LogP contribution >= 0.6 is 11.8 Å². The number of aryl methyl sites for hydroxylation is 2. The molecule has 1 atom stereocenters. The first kappa shape index (κ1) is 23.0. The molecule has 1 saturated heterocycles. The molecule has 2 aromatic rings. The van der Waals surface area contributed by atoms with E-state index in [9.17, 15) is 14.4 Å². The van der Waals surface area contributed by atoms with Crippen LogP contribution in [0.15, 0.2) is 33.8 Å². The van der Waals surface area contributed by atoms with E-state index in [2.05, 4.69) is 25.7 Å². The number of likely N-dealkylation sites (tertiary alicyclic amines) is 1. The van der Waals surface area contributed by atoms with Gasteiger partial charge in [-0.2, -0.15) is 4.99 Å². The lowest BCUT2D eigenvalue weighted by Gasteiger charge is -2.27. The van der Waals surface area contributed by atoms with E-state index < -0.39 is 5.25 Å². The summed E-state index contributed by atoms with van der Waals surface area (Å²) < 4.78 is 5.11. The molecule has 174 valence electrons. The van der Waals surface area contributed by atoms with E-state index in [-0.39, 0.29) is 24.1 Å². The number of rotatable bonds is 6. The highest BCUT2D eigenvalue weighted by Gasteiger charge is 2.33. The molecule has 4 rings (SSSR count). The van der Waals surface area contributed by atoms with Crippen LogP contribution in [0, 0.1) is 13.8 Å². The second kappa shape index (κ2) is 10.2. The monoisotopic (exact) mass is 469 g/mol. The average Bonchev–Trinajstić information content (AvgIpc) is 3.34. The predicted molar refractivity (Wildman–Crippen MR) is 126 cm³/mol. The largest absolute Gasteiger partial charge is 0.361 e. The lowest BCUT2D eigenvalue weighted by atomic mass is 10.1. The van der Waals surface area contributed by atoms with Crippen LogP contribution in [-0.2, 0) is 16.1 Å². The molecule has 2 aliphatic heterocycles. The molecular weight excluding hydrogens is 442 g/mol. The van der Waals surface area contributed by atoms with Gasteiger partial charge in [-0.1, -0.05) is 23.0 Å². The Hall–Kier alpha value is -3.14. The van der Waals surface area contributed by atoms with Crippen molar-refractivity contribution in [3.63, 3.8) is 0 Å². The third-order valence-corrected chi connectivity index (χ3v) is 6.95. The summed E-state index contributed by atoms with van der Waals surface area (Å²) in [5.41, 5.74) is 2.50. The number of aliphatic imine (C=N–C) groups is 1. The Morgan fingerprint density at radius 1 is 1.21 bits per heavy atom. The van der Waals surface area contributed by atoms with Crippen molar-refractivity contribution in [2.45, 2.75) is 51.3 Å². The number of amidine groups is 1. The number of hydrogen-bond acceptors (Lipinski definition) is 7. The van der Waals surface area contributed by atoms with Crippen LogP contribution in [0.5, 0.6) is 0 Å². The number of amides is 3. The number of hydrogen-bond donors (Lipinski definition) is 2. The normalized spacial score (nSPS) is 18.2. The molecule has 0 spiro atoms.